The minimum Gasteiger partial charge on any atom is -0.356 e. The SMILES string of the molecule is CN=C(NCCC(=O)Nc1cccc(C)n1)NCc1nc(C(C)C)cs1. The minimum absolute atomic E-state index is 0.0902. The number of pyridine rings is 1. The molecule has 1 amide bonds. The van der Waals surface area contributed by atoms with E-state index in [1.54, 1.807) is 24.5 Å². The molecule has 0 saturated heterocycles. The maximum atomic E-state index is 12.0. The van der Waals surface area contributed by atoms with Gasteiger partial charge in [-0.1, -0.05) is 19.9 Å². The number of aliphatic imine (C=N–C) groups is 1. The Morgan fingerprint density at radius 3 is 2.73 bits per heavy atom. The minimum atomic E-state index is -0.0902. The second-order valence-electron chi connectivity index (χ2n) is 6.14. The third-order valence-electron chi connectivity index (χ3n) is 3.59. The lowest BCUT2D eigenvalue weighted by molar-refractivity contribution is -0.116. The molecule has 0 aliphatic rings. The predicted molar refractivity (Wildman–Crippen MR) is 107 cm³/mol. The van der Waals surface area contributed by atoms with E-state index in [0.29, 0.717) is 37.2 Å². The number of hydrogen-bond acceptors (Lipinski definition) is 5. The molecule has 0 atom stereocenters. The number of amides is 1. The van der Waals surface area contributed by atoms with Gasteiger partial charge in [0.15, 0.2) is 5.96 Å². The Morgan fingerprint density at radius 1 is 1.27 bits per heavy atom. The molecule has 2 aromatic rings. The monoisotopic (exact) mass is 374 g/mol. The zero-order chi connectivity index (χ0) is 18.9. The van der Waals surface area contributed by atoms with E-state index in [2.05, 4.69) is 50.1 Å². The van der Waals surface area contributed by atoms with Gasteiger partial charge in [0.2, 0.25) is 5.91 Å². The van der Waals surface area contributed by atoms with E-state index in [1.165, 1.54) is 0 Å². The van der Waals surface area contributed by atoms with Crippen molar-refractivity contribution in [3.05, 3.63) is 40.0 Å². The molecule has 8 heteroatoms. The topological polar surface area (TPSA) is 91.3 Å². The fourth-order valence-corrected chi connectivity index (χ4v) is 3.06. The summed E-state index contributed by atoms with van der Waals surface area (Å²) in [5.41, 5.74) is 1.98. The first kappa shape index (κ1) is 19.8. The van der Waals surface area contributed by atoms with Crippen molar-refractivity contribution in [1.29, 1.82) is 0 Å². The van der Waals surface area contributed by atoms with Crippen LogP contribution in [0.15, 0.2) is 28.6 Å². The summed E-state index contributed by atoms with van der Waals surface area (Å²) in [6.07, 6.45) is 0.324. The summed E-state index contributed by atoms with van der Waals surface area (Å²) in [5, 5.41) is 12.2. The van der Waals surface area contributed by atoms with Crippen LogP contribution < -0.4 is 16.0 Å². The molecule has 3 N–H and O–H groups in total. The maximum Gasteiger partial charge on any atom is 0.227 e. The zero-order valence-electron chi connectivity index (χ0n) is 15.7. The Labute approximate surface area is 158 Å². The van der Waals surface area contributed by atoms with Crippen molar-refractivity contribution in [3.8, 4) is 0 Å². The van der Waals surface area contributed by atoms with Crippen LogP contribution in [0.25, 0.3) is 0 Å². The Morgan fingerprint density at radius 2 is 2.08 bits per heavy atom. The first-order valence-electron chi connectivity index (χ1n) is 8.60. The van der Waals surface area contributed by atoms with E-state index < -0.39 is 0 Å². The zero-order valence-corrected chi connectivity index (χ0v) is 16.5. The highest BCUT2D eigenvalue weighted by Gasteiger charge is 2.07. The molecule has 0 radical (unpaired) electrons. The van der Waals surface area contributed by atoms with Gasteiger partial charge in [0.05, 0.1) is 12.2 Å². The number of carbonyl (C=O) groups excluding carboxylic acids is 1. The number of guanidine groups is 1. The molecule has 0 spiro atoms. The van der Waals surface area contributed by atoms with Gasteiger partial charge in [0.25, 0.3) is 0 Å². The fraction of sp³-hybridized carbons (Fsp3) is 0.444. The van der Waals surface area contributed by atoms with Crippen LogP contribution in [0.5, 0.6) is 0 Å². The number of hydrogen-bond donors (Lipinski definition) is 3. The molecule has 0 bridgehead atoms. The molecule has 2 rings (SSSR count). The van der Waals surface area contributed by atoms with Crippen LogP contribution in [0.1, 0.15) is 42.6 Å². The van der Waals surface area contributed by atoms with E-state index in [9.17, 15) is 4.79 Å². The molecule has 0 aliphatic heterocycles. The second-order valence-corrected chi connectivity index (χ2v) is 7.08. The average Bonchev–Trinajstić information content (AvgIpc) is 3.07. The van der Waals surface area contributed by atoms with Crippen molar-refractivity contribution in [1.82, 2.24) is 20.6 Å². The summed E-state index contributed by atoms with van der Waals surface area (Å²) in [4.78, 5) is 25.0. The summed E-state index contributed by atoms with van der Waals surface area (Å²) in [6, 6.07) is 5.53. The highest BCUT2D eigenvalue weighted by Crippen LogP contribution is 2.17. The number of aryl methyl sites for hydroxylation is 1. The number of aromatic nitrogens is 2. The third kappa shape index (κ3) is 6.44. The van der Waals surface area contributed by atoms with Crippen molar-refractivity contribution < 1.29 is 4.79 Å². The highest BCUT2D eigenvalue weighted by atomic mass is 32.1. The van der Waals surface area contributed by atoms with Gasteiger partial charge in [-0.25, -0.2) is 9.97 Å². The van der Waals surface area contributed by atoms with Crippen molar-refractivity contribution in [2.45, 2.75) is 39.7 Å². The number of nitrogens with zero attached hydrogens (tertiary/aromatic N) is 3. The molecule has 2 aromatic heterocycles. The molecular weight excluding hydrogens is 348 g/mol. The quantitative estimate of drug-likeness (QED) is 0.512. The van der Waals surface area contributed by atoms with E-state index in [4.69, 9.17) is 0 Å². The molecular formula is C18H26N6OS. The molecule has 0 aromatic carbocycles. The molecule has 140 valence electrons. The van der Waals surface area contributed by atoms with E-state index in [-0.39, 0.29) is 5.91 Å². The van der Waals surface area contributed by atoms with Gasteiger partial charge < -0.3 is 16.0 Å². The van der Waals surface area contributed by atoms with Crippen LogP contribution in [0.3, 0.4) is 0 Å². The van der Waals surface area contributed by atoms with E-state index >= 15 is 0 Å². The fourth-order valence-electron chi connectivity index (χ4n) is 2.16. The lowest BCUT2D eigenvalue weighted by Crippen LogP contribution is -2.38. The molecule has 0 unspecified atom stereocenters. The molecule has 0 fully saturated rings. The highest BCUT2D eigenvalue weighted by molar-refractivity contribution is 7.09. The van der Waals surface area contributed by atoms with E-state index in [1.807, 2.05) is 19.1 Å². The molecule has 7 nitrogen and oxygen atoms in total. The maximum absolute atomic E-state index is 12.0. The Kier molecular flexibility index (Phi) is 7.53. The summed E-state index contributed by atoms with van der Waals surface area (Å²) in [5.74, 6) is 1.56. The lowest BCUT2D eigenvalue weighted by atomic mass is 10.2. The van der Waals surface area contributed by atoms with Gasteiger partial charge in [-0.05, 0) is 25.0 Å². The second kappa shape index (κ2) is 9.86. The molecule has 26 heavy (non-hydrogen) atoms. The standard InChI is InChI=1S/C18H26N6OS/c1-12(2)14-11-26-17(23-14)10-21-18(19-4)20-9-8-16(25)24-15-7-5-6-13(3)22-15/h5-7,11-12H,8-10H2,1-4H3,(H2,19,20,21)(H,22,24,25). The van der Waals surface area contributed by atoms with Gasteiger partial charge in [-0.15, -0.1) is 11.3 Å². The third-order valence-corrected chi connectivity index (χ3v) is 4.46. The summed E-state index contributed by atoms with van der Waals surface area (Å²) in [7, 11) is 1.70. The lowest BCUT2D eigenvalue weighted by Gasteiger charge is -2.11. The number of thiazole rings is 1. The number of carbonyl (C=O) groups is 1. The van der Waals surface area contributed by atoms with Gasteiger partial charge in [-0.2, -0.15) is 0 Å². The predicted octanol–water partition coefficient (Wildman–Crippen LogP) is 2.66. The first-order valence-corrected chi connectivity index (χ1v) is 9.48. The number of rotatable bonds is 7. The van der Waals surface area contributed by atoms with E-state index in [0.717, 1.165) is 16.4 Å². The van der Waals surface area contributed by atoms with Crippen LogP contribution in [-0.4, -0.2) is 35.4 Å². The smallest absolute Gasteiger partial charge is 0.227 e. The van der Waals surface area contributed by atoms with Gasteiger partial charge in [-0.3, -0.25) is 9.79 Å². The van der Waals surface area contributed by atoms with Gasteiger partial charge >= 0.3 is 0 Å². The summed E-state index contributed by atoms with van der Waals surface area (Å²) < 4.78 is 0. The Balaban J connectivity index is 1.71. The first-order chi connectivity index (χ1) is 12.5. The van der Waals surface area contributed by atoms with Gasteiger partial charge in [0, 0.05) is 31.1 Å². The Hall–Kier alpha value is -2.48. The van der Waals surface area contributed by atoms with Crippen molar-refractivity contribution in [2.24, 2.45) is 4.99 Å². The molecule has 0 saturated carbocycles. The Bertz CT molecular complexity index is 756. The summed E-state index contributed by atoms with van der Waals surface area (Å²) in [6.45, 7) is 7.23. The van der Waals surface area contributed by atoms with Crippen LogP contribution in [0.4, 0.5) is 5.82 Å². The van der Waals surface area contributed by atoms with Crippen LogP contribution in [0, 0.1) is 6.92 Å². The van der Waals surface area contributed by atoms with Crippen LogP contribution >= 0.6 is 11.3 Å². The van der Waals surface area contributed by atoms with Crippen LogP contribution in [-0.2, 0) is 11.3 Å². The largest absolute Gasteiger partial charge is 0.356 e. The normalized spacial score (nSPS) is 11.5. The average molecular weight is 375 g/mol. The molecule has 0 aliphatic carbocycles. The van der Waals surface area contributed by atoms with Crippen molar-refractivity contribution in [2.75, 3.05) is 18.9 Å². The number of anilines is 1. The van der Waals surface area contributed by atoms with Crippen molar-refractivity contribution >= 4 is 29.0 Å². The van der Waals surface area contributed by atoms with Crippen LogP contribution in [0.2, 0.25) is 0 Å². The van der Waals surface area contributed by atoms with Gasteiger partial charge in [0.1, 0.15) is 10.8 Å². The van der Waals surface area contributed by atoms with Crippen molar-refractivity contribution in [3.63, 3.8) is 0 Å². The molecule has 2 heterocycles. The summed E-state index contributed by atoms with van der Waals surface area (Å²) >= 11 is 1.63. The number of nitrogens with one attached hydrogen (secondary N) is 3.